The summed E-state index contributed by atoms with van der Waals surface area (Å²) in [5.41, 5.74) is 1.63. The number of carbonyl (C=O) groups is 1. The fourth-order valence-corrected chi connectivity index (χ4v) is 3.28. The SMILES string of the molecule is Cc1cc(-c2ccc(Cl)cc2)ccc1C(=O)Nc1cnc(-n2nccn2)c(C(F)(F)F)c1. The fraction of sp³-hybridized carbons (Fsp3) is 0.0909. The average Bonchev–Trinajstić information content (AvgIpc) is 3.28. The molecule has 2 heterocycles. The summed E-state index contributed by atoms with van der Waals surface area (Å²) < 4.78 is 40.6. The smallest absolute Gasteiger partial charge is 0.321 e. The van der Waals surface area contributed by atoms with E-state index >= 15 is 0 Å². The lowest BCUT2D eigenvalue weighted by atomic mass is 9.99. The number of amides is 1. The molecule has 10 heteroatoms. The van der Waals surface area contributed by atoms with Crippen LogP contribution in [0.4, 0.5) is 18.9 Å². The summed E-state index contributed by atoms with van der Waals surface area (Å²) in [6, 6.07) is 13.3. The number of anilines is 1. The molecule has 0 aliphatic rings. The van der Waals surface area contributed by atoms with Gasteiger partial charge in [-0.15, -0.1) is 4.80 Å². The van der Waals surface area contributed by atoms with Crippen LogP contribution < -0.4 is 5.32 Å². The van der Waals surface area contributed by atoms with E-state index in [0.29, 0.717) is 16.1 Å². The number of hydrogen-bond acceptors (Lipinski definition) is 4. The van der Waals surface area contributed by atoms with Gasteiger partial charge in [0.1, 0.15) is 5.56 Å². The second kappa shape index (κ2) is 8.43. The van der Waals surface area contributed by atoms with Crippen molar-refractivity contribution in [3.05, 3.63) is 88.8 Å². The zero-order valence-corrected chi connectivity index (χ0v) is 17.3. The van der Waals surface area contributed by atoms with Gasteiger partial charge in [0, 0.05) is 10.6 Å². The van der Waals surface area contributed by atoms with Crippen LogP contribution in [0.15, 0.2) is 67.1 Å². The number of nitrogens with one attached hydrogen (secondary N) is 1. The first kappa shape index (κ1) is 21.5. The first-order chi connectivity index (χ1) is 15.2. The van der Waals surface area contributed by atoms with E-state index in [9.17, 15) is 18.0 Å². The number of pyridine rings is 1. The third kappa shape index (κ3) is 4.47. The number of aromatic nitrogens is 4. The summed E-state index contributed by atoms with van der Waals surface area (Å²) in [5.74, 6) is -1.03. The van der Waals surface area contributed by atoms with Gasteiger partial charge < -0.3 is 5.32 Å². The monoisotopic (exact) mass is 457 g/mol. The Bertz CT molecular complexity index is 1270. The van der Waals surface area contributed by atoms with Crippen LogP contribution in [-0.2, 0) is 6.18 Å². The molecule has 0 bridgehead atoms. The average molecular weight is 458 g/mol. The largest absolute Gasteiger partial charge is 0.420 e. The number of rotatable bonds is 4. The molecule has 4 rings (SSSR count). The van der Waals surface area contributed by atoms with Crippen molar-refractivity contribution in [1.82, 2.24) is 20.0 Å². The minimum absolute atomic E-state index is 0.0978. The molecule has 0 saturated heterocycles. The Balaban J connectivity index is 1.60. The highest BCUT2D eigenvalue weighted by molar-refractivity contribution is 6.30. The maximum Gasteiger partial charge on any atom is 0.420 e. The van der Waals surface area contributed by atoms with Crippen molar-refractivity contribution in [2.45, 2.75) is 13.1 Å². The van der Waals surface area contributed by atoms with Crippen LogP contribution in [0.3, 0.4) is 0 Å². The van der Waals surface area contributed by atoms with Crippen molar-refractivity contribution >= 4 is 23.2 Å². The number of hydrogen-bond donors (Lipinski definition) is 1. The van der Waals surface area contributed by atoms with Crippen molar-refractivity contribution < 1.29 is 18.0 Å². The Morgan fingerprint density at radius 3 is 2.28 bits per heavy atom. The normalized spacial score (nSPS) is 11.4. The van der Waals surface area contributed by atoms with E-state index in [2.05, 4.69) is 20.5 Å². The molecule has 1 N–H and O–H groups in total. The van der Waals surface area contributed by atoms with E-state index in [0.717, 1.165) is 28.2 Å². The molecule has 2 aromatic heterocycles. The van der Waals surface area contributed by atoms with Crippen LogP contribution in [0, 0.1) is 6.92 Å². The molecule has 6 nitrogen and oxygen atoms in total. The van der Waals surface area contributed by atoms with Gasteiger partial charge in [-0.3, -0.25) is 4.79 Å². The standard InChI is InChI=1S/C22H15ClF3N5O/c1-13-10-15(14-2-5-16(23)6-3-14)4-7-18(13)21(32)30-17-11-19(22(24,25)26)20(27-12-17)31-28-8-9-29-31/h2-12H,1H3,(H,30,32). The van der Waals surface area contributed by atoms with E-state index in [1.54, 1.807) is 31.2 Å². The molecular weight excluding hydrogens is 443 g/mol. The third-order valence-electron chi connectivity index (χ3n) is 4.69. The molecular formula is C22H15ClF3N5O. The second-order valence-corrected chi connectivity index (χ2v) is 7.34. The van der Waals surface area contributed by atoms with Gasteiger partial charge in [0.15, 0.2) is 5.82 Å². The quantitative estimate of drug-likeness (QED) is 0.435. The van der Waals surface area contributed by atoms with E-state index in [1.807, 2.05) is 18.2 Å². The van der Waals surface area contributed by atoms with Gasteiger partial charge >= 0.3 is 6.18 Å². The second-order valence-electron chi connectivity index (χ2n) is 6.90. The summed E-state index contributed by atoms with van der Waals surface area (Å²) >= 11 is 5.92. The molecule has 0 unspecified atom stereocenters. The number of alkyl halides is 3. The summed E-state index contributed by atoms with van der Waals surface area (Å²) in [6.45, 7) is 1.75. The van der Waals surface area contributed by atoms with Crippen LogP contribution in [-0.4, -0.2) is 25.9 Å². The highest BCUT2D eigenvalue weighted by Gasteiger charge is 2.36. The predicted molar refractivity (Wildman–Crippen MR) is 114 cm³/mol. The number of halogens is 4. The Labute approximate surface area is 185 Å². The van der Waals surface area contributed by atoms with E-state index < -0.39 is 23.5 Å². The van der Waals surface area contributed by atoms with E-state index in [-0.39, 0.29) is 5.69 Å². The molecule has 32 heavy (non-hydrogen) atoms. The summed E-state index contributed by atoms with van der Waals surface area (Å²) in [7, 11) is 0. The van der Waals surface area contributed by atoms with Gasteiger partial charge in [-0.2, -0.15) is 23.4 Å². The van der Waals surface area contributed by atoms with Crippen molar-refractivity contribution in [2.75, 3.05) is 5.32 Å². The van der Waals surface area contributed by atoms with E-state index in [1.165, 1.54) is 12.4 Å². The Hall–Kier alpha value is -3.72. The van der Waals surface area contributed by atoms with Crippen molar-refractivity contribution in [3.63, 3.8) is 0 Å². The maximum absolute atomic E-state index is 13.5. The highest BCUT2D eigenvalue weighted by atomic mass is 35.5. The van der Waals surface area contributed by atoms with Crippen LogP contribution >= 0.6 is 11.6 Å². The van der Waals surface area contributed by atoms with E-state index in [4.69, 9.17) is 11.6 Å². The molecule has 0 aliphatic heterocycles. The van der Waals surface area contributed by atoms with Gasteiger partial charge in [0.05, 0.1) is 24.3 Å². The lowest BCUT2D eigenvalue weighted by molar-refractivity contribution is -0.137. The molecule has 2 aromatic carbocycles. The summed E-state index contributed by atoms with van der Waals surface area (Å²) in [5, 5.41) is 10.5. The summed E-state index contributed by atoms with van der Waals surface area (Å²) in [4.78, 5) is 17.3. The molecule has 4 aromatic rings. The Morgan fingerprint density at radius 2 is 1.66 bits per heavy atom. The zero-order valence-electron chi connectivity index (χ0n) is 16.6. The fourth-order valence-electron chi connectivity index (χ4n) is 3.16. The molecule has 1 amide bonds. The van der Waals surface area contributed by atoms with Crippen LogP contribution in [0.25, 0.3) is 16.9 Å². The Morgan fingerprint density at radius 1 is 1.00 bits per heavy atom. The Kier molecular flexibility index (Phi) is 5.67. The minimum Gasteiger partial charge on any atom is -0.321 e. The van der Waals surface area contributed by atoms with Crippen LogP contribution in [0.1, 0.15) is 21.5 Å². The van der Waals surface area contributed by atoms with Crippen LogP contribution in [0.5, 0.6) is 0 Å². The number of aryl methyl sites for hydroxylation is 1. The molecule has 0 spiro atoms. The number of nitrogens with zero attached hydrogens (tertiary/aromatic N) is 4. The predicted octanol–water partition coefficient (Wildman–Crippen LogP) is 5.56. The lowest BCUT2D eigenvalue weighted by Crippen LogP contribution is -2.17. The first-order valence-corrected chi connectivity index (χ1v) is 9.72. The molecule has 162 valence electrons. The number of benzene rings is 2. The van der Waals surface area contributed by atoms with Gasteiger partial charge in [-0.1, -0.05) is 35.9 Å². The lowest BCUT2D eigenvalue weighted by Gasteiger charge is -2.14. The minimum atomic E-state index is -4.72. The van der Waals surface area contributed by atoms with Gasteiger partial charge in [-0.25, -0.2) is 4.98 Å². The highest BCUT2D eigenvalue weighted by Crippen LogP contribution is 2.34. The van der Waals surface area contributed by atoms with Gasteiger partial charge in [0.2, 0.25) is 0 Å². The van der Waals surface area contributed by atoms with Crippen molar-refractivity contribution in [1.29, 1.82) is 0 Å². The first-order valence-electron chi connectivity index (χ1n) is 9.34. The van der Waals surface area contributed by atoms with Crippen molar-refractivity contribution in [2.24, 2.45) is 0 Å². The molecule has 0 fully saturated rings. The summed E-state index contributed by atoms with van der Waals surface area (Å²) in [6.07, 6.45) is -1.10. The van der Waals surface area contributed by atoms with Crippen molar-refractivity contribution in [3.8, 4) is 16.9 Å². The topological polar surface area (TPSA) is 72.7 Å². The molecule has 0 saturated carbocycles. The van der Waals surface area contributed by atoms with Gasteiger partial charge in [0.25, 0.3) is 5.91 Å². The molecule has 0 aliphatic carbocycles. The molecule has 0 atom stereocenters. The number of carbonyl (C=O) groups excluding carboxylic acids is 1. The maximum atomic E-state index is 13.5. The van der Waals surface area contributed by atoms with Gasteiger partial charge in [-0.05, 0) is 47.9 Å². The molecule has 0 radical (unpaired) electrons. The zero-order chi connectivity index (χ0) is 22.9. The third-order valence-corrected chi connectivity index (χ3v) is 4.94. The van der Waals surface area contributed by atoms with Crippen LogP contribution in [0.2, 0.25) is 5.02 Å².